The molecule has 1 aliphatic heterocycles. The van der Waals surface area contributed by atoms with Crippen LogP contribution in [0.4, 0.5) is 14.9 Å². The molecular weight excluding hydrogens is 421 g/mol. The summed E-state index contributed by atoms with van der Waals surface area (Å²) in [5.74, 6) is -0.367. The Labute approximate surface area is 191 Å². The average Bonchev–Trinajstić information content (AvgIpc) is 3.43. The van der Waals surface area contributed by atoms with Crippen molar-refractivity contribution in [2.75, 3.05) is 18.4 Å². The Bertz CT molecular complexity index is 1150. The number of carbonyl (C=O) groups is 2. The molecule has 2 aliphatic rings. The normalized spacial score (nSPS) is 15.8. The molecule has 1 saturated heterocycles. The highest BCUT2D eigenvalue weighted by Gasteiger charge is 2.31. The number of fused-ring (bicyclic) bond motifs is 1. The zero-order chi connectivity index (χ0) is 22.8. The Kier molecular flexibility index (Phi) is 5.81. The minimum atomic E-state index is -0.298. The largest absolute Gasteiger partial charge is 0.337 e. The van der Waals surface area contributed by atoms with E-state index in [0.29, 0.717) is 31.6 Å². The lowest BCUT2D eigenvalue weighted by molar-refractivity contribution is 0.0701. The predicted molar refractivity (Wildman–Crippen MR) is 123 cm³/mol. The van der Waals surface area contributed by atoms with E-state index in [-0.39, 0.29) is 23.8 Å². The van der Waals surface area contributed by atoms with Gasteiger partial charge >= 0.3 is 6.03 Å². The van der Waals surface area contributed by atoms with Crippen LogP contribution < -0.4 is 10.6 Å². The second kappa shape index (κ2) is 9.05. The summed E-state index contributed by atoms with van der Waals surface area (Å²) in [6, 6.07) is 15.3. The van der Waals surface area contributed by atoms with Gasteiger partial charge in [0, 0.05) is 36.1 Å². The number of hydrogen-bond donors (Lipinski definition) is 2. The molecule has 1 aliphatic carbocycles. The lowest BCUT2D eigenvalue weighted by Gasteiger charge is -2.32. The van der Waals surface area contributed by atoms with Gasteiger partial charge in [-0.05, 0) is 68.5 Å². The zero-order valence-electron chi connectivity index (χ0n) is 18.3. The van der Waals surface area contributed by atoms with Crippen LogP contribution in [0.5, 0.6) is 0 Å². The molecule has 2 aromatic carbocycles. The van der Waals surface area contributed by atoms with Gasteiger partial charge in [-0.15, -0.1) is 0 Å². The fraction of sp³-hybridized carbons (Fsp3) is 0.320. The Morgan fingerprint density at radius 3 is 2.42 bits per heavy atom. The molecule has 0 bridgehead atoms. The molecule has 2 heterocycles. The van der Waals surface area contributed by atoms with Gasteiger partial charge in [-0.25, -0.2) is 13.9 Å². The summed E-state index contributed by atoms with van der Waals surface area (Å²) in [5.41, 5.74) is 4.06. The Morgan fingerprint density at radius 1 is 0.970 bits per heavy atom. The van der Waals surface area contributed by atoms with Crippen LogP contribution >= 0.6 is 0 Å². The first-order valence-electron chi connectivity index (χ1n) is 11.4. The second-order valence-corrected chi connectivity index (χ2v) is 8.55. The molecule has 3 aromatic rings. The van der Waals surface area contributed by atoms with Gasteiger partial charge < -0.3 is 15.5 Å². The van der Waals surface area contributed by atoms with Crippen molar-refractivity contribution >= 4 is 17.6 Å². The number of likely N-dealkylation sites (tertiary alicyclic amines) is 1. The smallest absolute Gasteiger partial charge is 0.319 e. The Balaban J connectivity index is 1.23. The van der Waals surface area contributed by atoms with Crippen molar-refractivity contribution in [3.63, 3.8) is 0 Å². The van der Waals surface area contributed by atoms with Crippen LogP contribution in [0.15, 0.2) is 54.6 Å². The number of anilines is 1. The number of para-hydroxylation sites is 1. The van der Waals surface area contributed by atoms with Gasteiger partial charge in [-0.1, -0.05) is 18.2 Å². The van der Waals surface area contributed by atoms with Crippen molar-refractivity contribution in [1.82, 2.24) is 20.0 Å². The maximum Gasteiger partial charge on any atom is 0.319 e. The van der Waals surface area contributed by atoms with Crippen molar-refractivity contribution in [1.29, 1.82) is 0 Å². The molecule has 0 unspecified atom stereocenters. The minimum Gasteiger partial charge on any atom is -0.337 e. The molecule has 0 atom stereocenters. The van der Waals surface area contributed by atoms with E-state index in [1.807, 2.05) is 35.2 Å². The van der Waals surface area contributed by atoms with E-state index in [1.165, 1.54) is 12.1 Å². The number of amides is 3. The van der Waals surface area contributed by atoms with Crippen LogP contribution in [0.2, 0.25) is 0 Å². The van der Waals surface area contributed by atoms with E-state index in [4.69, 9.17) is 0 Å². The van der Waals surface area contributed by atoms with E-state index in [0.717, 1.165) is 41.9 Å². The summed E-state index contributed by atoms with van der Waals surface area (Å²) < 4.78 is 15.1. The molecule has 170 valence electrons. The Hall–Kier alpha value is -3.68. The van der Waals surface area contributed by atoms with Crippen molar-refractivity contribution in [2.24, 2.45) is 0 Å². The number of nitrogens with one attached hydrogen (secondary N) is 2. The van der Waals surface area contributed by atoms with Crippen LogP contribution in [0, 0.1) is 5.82 Å². The number of piperidine rings is 1. The van der Waals surface area contributed by atoms with E-state index in [2.05, 4.69) is 15.7 Å². The molecule has 2 N–H and O–H groups in total. The van der Waals surface area contributed by atoms with Crippen LogP contribution in [-0.2, 0) is 12.8 Å². The third kappa shape index (κ3) is 4.46. The first kappa shape index (κ1) is 21.2. The number of carbonyl (C=O) groups excluding carboxylic acids is 2. The Morgan fingerprint density at radius 2 is 1.70 bits per heavy atom. The molecule has 1 aromatic heterocycles. The van der Waals surface area contributed by atoms with E-state index >= 15 is 0 Å². The zero-order valence-corrected chi connectivity index (χ0v) is 18.3. The van der Waals surface area contributed by atoms with Crippen LogP contribution in [0.25, 0.3) is 5.69 Å². The molecule has 0 radical (unpaired) electrons. The topological polar surface area (TPSA) is 79.3 Å². The SMILES string of the molecule is O=C(Nc1ccccc1)NC1CCN(C(=O)c2nn(-c3ccc(F)cc3)c3c2CCC3)CC1. The summed E-state index contributed by atoms with van der Waals surface area (Å²) in [6.45, 7) is 1.13. The summed E-state index contributed by atoms with van der Waals surface area (Å²) in [4.78, 5) is 27.4. The number of nitrogens with zero attached hydrogens (tertiary/aromatic N) is 3. The average molecular weight is 448 g/mol. The third-order valence-corrected chi connectivity index (χ3v) is 6.35. The highest BCUT2D eigenvalue weighted by atomic mass is 19.1. The molecule has 33 heavy (non-hydrogen) atoms. The number of aromatic nitrogens is 2. The lowest BCUT2D eigenvalue weighted by atomic mass is 10.0. The van der Waals surface area contributed by atoms with Gasteiger partial charge in [0.2, 0.25) is 0 Å². The van der Waals surface area contributed by atoms with Gasteiger partial charge in [0.05, 0.1) is 5.69 Å². The molecule has 0 saturated carbocycles. The molecule has 1 fully saturated rings. The highest BCUT2D eigenvalue weighted by Crippen LogP contribution is 2.29. The first-order chi connectivity index (χ1) is 16.1. The lowest BCUT2D eigenvalue weighted by Crippen LogP contribution is -2.47. The van der Waals surface area contributed by atoms with Crippen LogP contribution in [0.1, 0.15) is 41.0 Å². The molecule has 5 rings (SSSR count). The maximum atomic E-state index is 13.4. The number of halogens is 1. The van der Waals surface area contributed by atoms with E-state index in [1.54, 1.807) is 16.8 Å². The molecule has 7 nitrogen and oxygen atoms in total. The summed E-state index contributed by atoms with van der Waals surface area (Å²) in [5, 5.41) is 10.5. The fourth-order valence-electron chi connectivity index (χ4n) is 4.66. The fourth-order valence-corrected chi connectivity index (χ4v) is 4.66. The van der Waals surface area contributed by atoms with Gasteiger partial charge in [0.15, 0.2) is 5.69 Å². The van der Waals surface area contributed by atoms with Crippen LogP contribution in [0.3, 0.4) is 0 Å². The second-order valence-electron chi connectivity index (χ2n) is 8.55. The van der Waals surface area contributed by atoms with Crippen molar-refractivity contribution < 1.29 is 14.0 Å². The van der Waals surface area contributed by atoms with Crippen molar-refractivity contribution in [3.05, 3.63) is 77.4 Å². The van der Waals surface area contributed by atoms with Gasteiger partial charge in [0.1, 0.15) is 5.82 Å². The number of benzene rings is 2. The first-order valence-corrected chi connectivity index (χ1v) is 11.4. The molecule has 0 spiro atoms. The highest BCUT2D eigenvalue weighted by molar-refractivity contribution is 5.94. The van der Waals surface area contributed by atoms with E-state index < -0.39 is 0 Å². The maximum absolute atomic E-state index is 13.4. The van der Waals surface area contributed by atoms with Crippen molar-refractivity contribution in [3.8, 4) is 5.69 Å². The number of hydrogen-bond acceptors (Lipinski definition) is 3. The van der Waals surface area contributed by atoms with Gasteiger partial charge in [0.25, 0.3) is 5.91 Å². The van der Waals surface area contributed by atoms with E-state index in [9.17, 15) is 14.0 Å². The quantitative estimate of drug-likeness (QED) is 0.636. The molecular formula is C25H26FN5O2. The third-order valence-electron chi connectivity index (χ3n) is 6.35. The van der Waals surface area contributed by atoms with Crippen LogP contribution in [-0.4, -0.2) is 45.8 Å². The molecule has 3 amide bonds. The standard InChI is InChI=1S/C25H26FN5O2/c26-17-9-11-20(12-10-17)31-22-8-4-7-21(22)23(29-31)24(32)30-15-13-19(14-16-30)28-25(33)27-18-5-2-1-3-6-18/h1-3,5-6,9-12,19H,4,7-8,13-16H2,(H2,27,28,33). The summed E-state index contributed by atoms with van der Waals surface area (Å²) in [6.07, 6.45) is 4.05. The van der Waals surface area contributed by atoms with Gasteiger partial charge in [-0.2, -0.15) is 5.10 Å². The summed E-state index contributed by atoms with van der Waals surface area (Å²) in [7, 11) is 0. The monoisotopic (exact) mass is 447 g/mol. The minimum absolute atomic E-state index is 0.0141. The predicted octanol–water partition coefficient (Wildman–Crippen LogP) is 3.93. The summed E-state index contributed by atoms with van der Waals surface area (Å²) >= 11 is 0. The van der Waals surface area contributed by atoms with Crippen molar-refractivity contribution in [2.45, 2.75) is 38.1 Å². The van der Waals surface area contributed by atoms with Gasteiger partial charge in [-0.3, -0.25) is 4.79 Å². The number of rotatable bonds is 4. The molecule has 8 heteroatoms. The number of urea groups is 1.